The number of benzene rings is 1. The maximum atomic E-state index is 12.7. The lowest BCUT2D eigenvalue weighted by molar-refractivity contribution is 0.0949. The van der Waals surface area contributed by atoms with E-state index in [-0.39, 0.29) is 16.7 Å². The summed E-state index contributed by atoms with van der Waals surface area (Å²) < 4.78 is 1.30. The number of carbonyl (C=O) groups is 1. The van der Waals surface area contributed by atoms with Crippen molar-refractivity contribution in [3.05, 3.63) is 52.0 Å². The highest BCUT2D eigenvalue weighted by atomic mass is 16.2. The number of aromatic nitrogens is 2. The van der Waals surface area contributed by atoms with Gasteiger partial charge in [-0.05, 0) is 44.2 Å². The van der Waals surface area contributed by atoms with Gasteiger partial charge in [0.1, 0.15) is 0 Å². The van der Waals surface area contributed by atoms with E-state index in [1.165, 1.54) is 10.3 Å². The molecule has 1 aliphatic rings. The van der Waals surface area contributed by atoms with Crippen molar-refractivity contribution in [2.24, 2.45) is 10.5 Å². The van der Waals surface area contributed by atoms with E-state index in [1.807, 2.05) is 13.0 Å². The van der Waals surface area contributed by atoms with E-state index in [1.54, 1.807) is 24.3 Å². The summed E-state index contributed by atoms with van der Waals surface area (Å²) in [6.07, 6.45) is 3.84. The molecular formula is C20H24N4O2. The van der Waals surface area contributed by atoms with E-state index >= 15 is 0 Å². The van der Waals surface area contributed by atoms with Crippen LogP contribution < -0.4 is 11.0 Å². The maximum Gasteiger partial charge on any atom is 0.292 e. The molecule has 1 aromatic carbocycles. The number of amides is 1. The lowest BCUT2D eigenvalue weighted by Gasteiger charge is -2.29. The molecule has 0 fully saturated rings. The Hall–Kier alpha value is -2.76. The minimum atomic E-state index is -0.412. The zero-order valence-electron chi connectivity index (χ0n) is 15.7. The number of aryl methyl sites for hydroxylation is 1. The van der Waals surface area contributed by atoms with Gasteiger partial charge in [0, 0.05) is 11.9 Å². The van der Waals surface area contributed by atoms with Crippen LogP contribution in [0.2, 0.25) is 0 Å². The average molecular weight is 352 g/mol. The summed E-state index contributed by atoms with van der Waals surface area (Å²) in [6, 6.07) is 7.02. The first-order valence-corrected chi connectivity index (χ1v) is 8.84. The molecule has 1 N–H and O–H groups in total. The number of hydrogen-bond donors (Lipinski definition) is 1. The van der Waals surface area contributed by atoms with Crippen molar-refractivity contribution < 1.29 is 4.79 Å². The Kier molecular flexibility index (Phi) is 4.76. The molecule has 6 heteroatoms. The molecule has 1 aliphatic carbocycles. The Morgan fingerprint density at radius 1 is 1.27 bits per heavy atom. The van der Waals surface area contributed by atoms with Crippen molar-refractivity contribution >= 4 is 22.4 Å². The Balaban J connectivity index is 1.96. The molecule has 0 aliphatic heterocycles. The third-order valence-electron chi connectivity index (χ3n) is 4.51. The topological polar surface area (TPSA) is 76.3 Å². The molecule has 0 radical (unpaired) electrons. The van der Waals surface area contributed by atoms with Crippen LogP contribution in [-0.2, 0) is 6.54 Å². The fourth-order valence-corrected chi connectivity index (χ4v) is 3.56. The summed E-state index contributed by atoms with van der Waals surface area (Å²) in [5, 5.41) is 9.56. The zero-order valence-corrected chi connectivity index (χ0v) is 15.7. The van der Waals surface area contributed by atoms with Gasteiger partial charge in [0.25, 0.3) is 11.5 Å². The average Bonchev–Trinajstić information content (AvgIpc) is 2.58. The van der Waals surface area contributed by atoms with Gasteiger partial charge in [0.2, 0.25) is 0 Å². The van der Waals surface area contributed by atoms with Gasteiger partial charge in [-0.15, -0.1) is 0 Å². The normalized spacial score (nSPS) is 18.0. The monoisotopic (exact) mass is 352 g/mol. The fourth-order valence-electron chi connectivity index (χ4n) is 3.56. The van der Waals surface area contributed by atoms with Crippen LogP contribution in [-0.4, -0.2) is 21.4 Å². The highest BCUT2D eigenvalue weighted by Gasteiger charge is 2.25. The zero-order chi connectivity index (χ0) is 18.9. The van der Waals surface area contributed by atoms with Crippen molar-refractivity contribution in [1.82, 2.24) is 15.2 Å². The smallest absolute Gasteiger partial charge is 0.267 e. The highest BCUT2D eigenvalue weighted by molar-refractivity contribution is 6.05. The van der Waals surface area contributed by atoms with E-state index in [0.29, 0.717) is 17.3 Å². The number of rotatable bonds is 3. The van der Waals surface area contributed by atoms with Gasteiger partial charge in [-0.25, -0.2) is 10.1 Å². The standard InChI is InChI=1S/C20H24N4O2/c1-5-24-19(26)16-9-7-6-8-15(16)17(23-24)18(25)22-21-14-10-13(2)11-20(3,4)12-14/h6-10H,5,11-12H2,1-4H3,(H,22,25)/b21-14+. The Morgan fingerprint density at radius 2 is 1.96 bits per heavy atom. The van der Waals surface area contributed by atoms with Gasteiger partial charge < -0.3 is 0 Å². The van der Waals surface area contributed by atoms with Crippen LogP contribution >= 0.6 is 0 Å². The van der Waals surface area contributed by atoms with Crippen LogP contribution in [0, 0.1) is 5.41 Å². The molecule has 2 aromatic rings. The predicted octanol–water partition coefficient (Wildman–Crippen LogP) is 3.27. The number of carbonyl (C=O) groups excluding carboxylic acids is 1. The van der Waals surface area contributed by atoms with Crippen LogP contribution in [0.4, 0.5) is 0 Å². The molecule has 0 spiro atoms. The molecule has 1 heterocycles. The molecule has 136 valence electrons. The first kappa shape index (κ1) is 18.0. The largest absolute Gasteiger partial charge is 0.292 e. The van der Waals surface area contributed by atoms with Crippen LogP contribution in [0.3, 0.4) is 0 Å². The van der Waals surface area contributed by atoms with E-state index < -0.39 is 5.91 Å². The maximum absolute atomic E-state index is 12.7. The fraction of sp³-hybridized carbons (Fsp3) is 0.400. The van der Waals surface area contributed by atoms with Crippen LogP contribution in [0.5, 0.6) is 0 Å². The first-order valence-electron chi connectivity index (χ1n) is 8.84. The molecule has 0 saturated carbocycles. The van der Waals surface area contributed by atoms with Gasteiger partial charge in [0.15, 0.2) is 5.69 Å². The van der Waals surface area contributed by atoms with E-state index in [4.69, 9.17) is 0 Å². The van der Waals surface area contributed by atoms with Gasteiger partial charge in [-0.2, -0.15) is 10.2 Å². The van der Waals surface area contributed by atoms with Crippen molar-refractivity contribution in [3.8, 4) is 0 Å². The van der Waals surface area contributed by atoms with Crippen LogP contribution in [0.15, 0.2) is 45.8 Å². The summed E-state index contributed by atoms with van der Waals surface area (Å²) in [4.78, 5) is 25.1. The molecule has 1 aromatic heterocycles. The van der Waals surface area contributed by atoms with Crippen molar-refractivity contribution in [1.29, 1.82) is 0 Å². The molecule has 1 amide bonds. The Labute approximate surface area is 152 Å². The second-order valence-corrected chi connectivity index (χ2v) is 7.57. The molecule has 0 unspecified atom stereocenters. The summed E-state index contributed by atoms with van der Waals surface area (Å²) in [7, 11) is 0. The van der Waals surface area contributed by atoms with Gasteiger partial charge in [-0.3, -0.25) is 9.59 Å². The first-order chi connectivity index (χ1) is 12.3. The number of nitrogens with one attached hydrogen (secondary N) is 1. The molecule has 0 saturated heterocycles. The third-order valence-corrected chi connectivity index (χ3v) is 4.51. The van der Waals surface area contributed by atoms with Crippen molar-refractivity contribution in [2.45, 2.75) is 47.1 Å². The second kappa shape index (κ2) is 6.86. The molecule has 0 bridgehead atoms. The minimum Gasteiger partial charge on any atom is -0.267 e. The minimum absolute atomic E-state index is 0.128. The second-order valence-electron chi connectivity index (χ2n) is 7.57. The molecule has 3 rings (SSSR count). The lowest BCUT2D eigenvalue weighted by atomic mass is 9.77. The quantitative estimate of drug-likeness (QED) is 0.861. The van der Waals surface area contributed by atoms with Crippen molar-refractivity contribution in [3.63, 3.8) is 0 Å². The van der Waals surface area contributed by atoms with E-state index in [9.17, 15) is 9.59 Å². The van der Waals surface area contributed by atoms with Crippen LogP contribution in [0.1, 0.15) is 51.0 Å². The number of hydrogen-bond acceptors (Lipinski definition) is 4. The highest BCUT2D eigenvalue weighted by Crippen LogP contribution is 2.33. The Morgan fingerprint density at radius 3 is 2.62 bits per heavy atom. The summed E-state index contributed by atoms with van der Waals surface area (Å²) >= 11 is 0. The third kappa shape index (κ3) is 3.59. The predicted molar refractivity (Wildman–Crippen MR) is 103 cm³/mol. The molecule has 0 atom stereocenters. The van der Waals surface area contributed by atoms with Crippen molar-refractivity contribution in [2.75, 3.05) is 0 Å². The molecule has 6 nitrogen and oxygen atoms in total. The van der Waals surface area contributed by atoms with E-state index in [2.05, 4.69) is 36.4 Å². The number of nitrogens with zero attached hydrogens (tertiary/aromatic N) is 3. The van der Waals surface area contributed by atoms with Gasteiger partial charge in [-0.1, -0.05) is 37.6 Å². The summed E-state index contributed by atoms with van der Waals surface area (Å²) in [5.74, 6) is -0.412. The Bertz CT molecular complexity index is 983. The molecular weight excluding hydrogens is 328 g/mol. The molecule has 26 heavy (non-hydrogen) atoms. The lowest BCUT2D eigenvalue weighted by Crippen LogP contribution is -2.29. The van der Waals surface area contributed by atoms with E-state index in [0.717, 1.165) is 18.6 Å². The summed E-state index contributed by atoms with van der Waals surface area (Å²) in [5.41, 5.74) is 4.85. The number of fused-ring (bicyclic) bond motifs is 1. The number of hydrazone groups is 1. The van der Waals surface area contributed by atoms with Gasteiger partial charge in [0.05, 0.1) is 11.1 Å². The van der Waals surface area contributed by atoms with Gasteiger partial charge >= 0.3 is 0 Å². The summed E-state index contributed by atoms with van der Waals surface area (Å²) in [6.45, 7) is 8.67. The SMILES string of the molecule is CCn1nc(C(=O)N/N=C2\C=C(C)CC(C)(C)C2)c2ccccc2c1=O. The van der Waals surface area contributed by atoms with Crippen LogP contribution in [0.25, 0.3) is 10.8 Å². The number of allylic oxidation sites excluding steroid dienone is 2.